The molecule has 15 heavy (non-hydrogen) atoms. The molecule has 0 N–H and O–H groups in total. The van der Waals surface area contributed by atoms with Crippen LogP contribution in [0.4, 0.5) is 0 Å². The summed E-state index contributed by atoms with van der Waals surface area (Å²) in [7, 11) is 0. The van der Waals surface area contributed by atoms with Crippen molar-refractivity contribution in [2.75, 3.05) is 6.26 Å². The van der Waals surface area contributed by atoms with E-state index in [0.29, 0.717) is 5.88 Å². The Hall–Kier alpha value is 0.01000. The van der Waals surface area contributed by atoms with Crippen molar-refractivity contribution in [1.82, 2.24) is 0 Å². The number of hydrogen-bond acceptors (Lipinski definition) is 2. The van der Waals surface area contributed by atoms with Crippen molar-refractivity contribution in [2.24, 2.45) is 0 Å². The van der Waals surface area contributed by atoms with Crippen LogP contribution in [0.15, 0.2) is 23.1 Å². The first kappa shape index (κ1) is 13.1. The monoisotopic (exact) mass is 306 g/mol. The van der Waals surface area contributed by atoms with Crippen LogP contribution in [-0.4, -0.2) is 16.9 Å². The van der Waals surface area contributed by atoms with E-state index in [1.807, 2.05) is 31.4 Å². The molecule has 82 valence electrons. The number of halogens is 2. The highest BCUT2D eigenvalue weighted by Gasteiger charge is 2.18. The van der Waals surface area contributed by atoms with Gasteiger partial charge in [-0.3, -0.25) is 4.79 Å². The minimum Gasteiger partial charge on any atom is -0.293 e. The van der Waals surface area contributed by atoms with Crippen LogP contribution in [0.3, 0.4) is 0 Å². The second kappa shape index (κ2) is 5.92. The van der Waals surface area contributed by atoms with Gasteiger partial charge in [0.2, 0.25) is 0 Å². The predicted octanol–water partition coefficient (Wildman–Crippen LogP) is 4.11. The van der Waals surface area contributed by atoms with Gasteiger partial charge in [-0.05, 0) is 24.8 Å². The number of thioether (sulfide) groups is 1. The standard InChI is InChI=1S/C11H12BrClOS/c1-7(12)11(14)10-8(6-13)4-3-5-9(10)15-2/h3-5,7H,6H2,1-2H3. The molecule has 1 unspecified atom stereocenters. The molecule has 4 heteroatoms. The van der Waals surface area contributed by atoms with Crippen molar-refractivity contribution < 1.29 is 4.79 Å². The van der Waals surface area contributed by atoms with E-state index in [2.05, 4.69) is 15.9 Å². The molecule has 1 rings (SSSR count). The number of rotatable bonds is 4. The fourth-order valence-electron chi connectivity index (χ4n) is 1.34. The maximum absolute atomic E-state index is 12.0. The van der Waals surface area contributed by atoms with Crippen LogP contribution in [0.2, 0.25) is 0 Å². The molecule has 1 atom stereocenters. The second-order valence-electron chi connectivity index (χ2n) is 3.11. The zero-order chi connectivity index (χ0) is 11.4. The Morgan fingerprint density at radius 1 is 1.60 bits per heavy atom. The zero-order valence-electron chi connectivity index (χ0n) is 8.59. The summed E-state index contributed by atoms with van der Waals surface area (Å²) in [5.74, 6) is 0.463. The van der Waals surface area contributed by atoms with E-state index in [-0.39, 0.29) is 10.6 Å². The minimum absolute atomic E-state index is 0.0931. The lowest BCUT2D eigenvalue weighted by Gasteiger charge is -2.11. The molecule has 0 aromatic heterocycles. The topological polar surface area (TPSA) is 17.1 Å². The van der Waals surface area contributed by atoms with Gasteiger partial charge >= 0.3 is 0 Å². The number of hydrogen-bond donors (Lipinski definition) is 0. The highest BCUT2D eigenvalue weighted by molar-refractivity contribution is 9.10. The average Bonchev–Trinajstić information content (AvgIpc) is 2.26. The molecular weight excluding hydrogens is 296 g/mol. The Bertz CT molecular complexity index is 343. The van der Waals surface area contributed by atoms with Gasteiger partial charge in [0.25, 0.3) is 0 Å². The van der Waals surface area contributed by atoms with Crippen LogP contribution in [-0.2, 0) is 5.88 Å². The number of alkyl halides is 2. The molecule has 1 aromatic carbocycles. The maximum Gasteiger partial charge on any atom is 0.177 e. The molecule has 0 saturated heterocycles. The maximum atomic E-state index is 12.0. The van der Waals surface area contributed by atoms with Crippen LogP contribution >= 0.6 is 39.3 Å². The van der Waals surface area contributed by atoms with Crippen molar-refractivity contribution in [3.63, 3.8) is 0 Å². The van der Waals surface area contributed by atoms with Gasteiger partial charge in [0.15, 0.2) is 5.78 Å². The molecule has 0 aliphatic rings. The fourth-order valence-corrected chi connectivity index (χ4v) is 2.44. The third-order valence-corrected chi connectivity index (χ3v) is 3.57. The summed E-state index contributed by atoms with van der Waals surface area (Å²) in [4.78, 5) is 12.8. The Morgan fingerprint density at radius 2 is 2.27 bits per heavy atom. The lowest BCUT2D eigenvalue weighted by molar-refractivity contribution is 0.0992. The van der Waals surface area contributed by atoms with Crippen molar-refractivity contribution in [1.29, 1.82) is 0 Å². The summed E-state index contributed by atoms with van der Waals surface area (Å²) >= 11 is 10.7. The molecule has 0 bridgehead atoms. The van der Waals surface area contributed by atoms with E-state index < -0.39 is 0 Å². The third kappa shape index (κ3) is 2.99. The van der Waals surface area contributed by atoms with Crippen LogP contribution in [0, 0.1) is 0 Å². The van der Waals surface area contributed by atoms with Gasteiger partial charge in [0, 0.05) is 16.3 Å². The van der Waals surface area contributed by atoms with E-state index >= 15 is 0 Å². The molecule has 0 radical (unpaired) electrons. The van der Waals surface area contributed by atoms with E-state index in [9.17, 15) is 4.79 Å². The SMILES string of the molecule is CSc1cccc(CCl)c1C(=O)C(C)Br. The first-order valence-electron chi connectivity index (χ1n) is 4.52. The molecule has 0 spiro atoms. The molecule has 1 aromatic rings. The summed E-state index contributed by atoms with van der Waals surface area (Å²) in [6.07, 6.45) is 1.96. The Kier molecular flexibility index (Phi) is 5.16. The highest BCUT2D eigenvalue weighted by atomic mass is 79.9. The second-order valence-corrected chi connectivity index (χ2v) is 5.60. The summed E-state index contributed by atoms with van der Waals surface area (Å²) in [6, 6.07) is 5.78. The molecule has 0 aliphatic carbocycles. The van der Waals surface area contributed by atoms with Gasteiger partial charge in [-0.1, -0.05) is 28.1 Å². The smallest absolute Gasteiger partial charge is 0.177 e. The number of Topliss-reactive ketones (excluding diaryl/α,β-unsaturated/α-hetero) is 1. The molecule has 0 heterocycles. The first-order chi connectivity index (χ1) is 7.11. The number of carbonyl (C=O) groups is 1. The van der Waals surface area contributed by atoms with Crippen LogP contribution in [0.5, 0.6) is 0 Å². The van der Waals surface area contributed by atoms with Gasteiger partial charge in [-0.25, -0.2) is 0 Å². The van der Waals surface area contributed by atoms with E-state index in [1.54, 1.807) is 11.8 Å². The summed E-state index contributed by atoms with van der Waals surface area (Å²) in [5.41, 5.74) is 1.66. The third-order valence-electron chi connectivity index (χ3n) is 2.08. The van der Waals surface area contributed by atoms with Crippen LogP contribution in [0.1, 0.15) is 22.8 Å². The van der Waals surface area contributed by atoms with Gasteiger partial charge in [0.1, 0.15) is 0 Å². The zero-order valence-corrected chi connectivity index (χ0v) is 11.7. The quantitative estimate of drug-likeness (QED) is 0.473. The Balaban J connectivity index is 3.28. The van der Waals surface area contributed by atoms with E-state index in [1.165, 1.54) is 0 Å². The lowest BCUT2D eigenvalue weighted by Crippen LogP contribution is -2.13. The average molecular weight is 308 g/mol. The van der Waals surface area contributed by atoms with Crippen molar-refractivity contribution >= 4 is 45.1 Å². The Morgan fingerprint density at radius 3 is 2.73 bits per heavy atom. The minimum atomic E-state index is -0.173. The van der Waals surface area contributed by atoms with Gasteiger partial charge < -0.3 is 0 Å². The number of benzene rings is 1. The van der Waals surface area contributed by atoms with Crippen LogP contribution in [0.25, 0.3) is 0 Å². The van der Waals surface area contributed by atoms with Gasteiger partial charge in [-0.15, -0.1) is 23.4 Å². The molecule has 0 aliphatic heterocycles. The fraction of sp³-hybridized carbons (Fsp3) is 0.364. The summed E-state index contributed by atoms with van der Waals surface area (Å²) in [5, 5.41) is 0. The lowest BCUT2D eigenvalue weighted by atomic mass is 10.0. The Labute approximate surface area is 108 Å². The molecule has 0 amide bonds. The largest absolute Gasteiger partial charge is 0.293 e. The normalized spacial score (nSPS) is 12.5. The van der Waals surface area contributed by atoms with Crippen molar-refractivity contribution in [3.05, 3.63) is 29.3 Å². The molecule has 0 saturated carbocycles. The van der Waals surface area contributed by atoms with E-state index in [4.69, 9.17) is 11.6 Å². The summed E-state index contributed by atoms with van der Waals surface area (Å²) < 4.78 is 0. The summed E-state index contributed by atoms with van der Waals surface area (Å²) in [6.45, 7) is 1.83. The van der Waals surface area contributed by atoms with Gasteiger partial charge in [0.05, 0.1) is 4.83 Å². The predicted molar refractivity (Wildman–Crippen MR) is 70.5 cm³/mol. The van der Waals surface area contributed by atoms with Crippen molar-refractivity contribution in [3.8, 4) is 0 Å². The van der Waals surface area contributed by atoms with E-state index in [0.717, 1.165) is 16.0 Å². The first-order valence-corrected chi connectivity index (χ1v) is 7.19. The number of carbonyl (C=O) groups excluding carboxylic acids is 1. The van der Waals surface area contributed by atoms with Crippen molar-refractivity contribution in [2.45, 2.75) is 22.5 Å². The highest BCUT2D eigenvalue weighted by Crippen LogP contribution is 2.27. The molecule has 1 nitrogen and oxygen atoms in total. The number of ketones is 1. The molecular formula is C11H12BrClOS. The molecule has 0 fully saturated rings. The van der Waals surface area contributed by atoms with Crippen LogP contribution < -0.4 is 0 Å². The van der Waals surface area contributed by atoms with Gasteiger partial charge in [-0.2, -0.15) is 0 Å².